The van der Waals surface area contributed by atoms with Crippen LogP contribution in [0.25, 0.3) is 0 Å². The Hall–Kier alpha value is -2.26. The maximum Gasteiger partial charge on any atom is 0.253 e. The van der Waals surface area contributed by atoms with Gasteiger partial charge in [0, 0.05) is 24.7 Å². The minimum atomic E-state index is -3.73. The monoisotopic (exact) mass is 381 g/mol. The first kappa shape index (κ1) is 18.5. The van der Waals surface area contributed by atoms with Crippen molar-refractivity contribution in [3.8, 4) is 0 Å². The van der Waals surface area contributed by atoms with Gasteiger partial charge >= 0.3 is 0 Å². The number of halogens is 1. The lowest BCUT2D eigenvalue weighted by Crippen LogP contribution is -2.46. The standard InChI is InChI=1S/C17H20FN3O4S/c1-11-16(12(2)25-19-11)26(23,24)20-15-6-8-21(9-7-15)17(22)13-4-3-5-14(18)10-13/h3-5,10,15,20H,6-9H2,1-2H3. The molecule has 0 saturated carbocycles. The quantitative estimate of drug-likeness (QED) is 0.875. The summed E-state index contributed by atoms with van der Waals surface area (Å²) in [6.45, 7) is 3.91. The number of benzene rings is 1. The van der Waals surface area contributed by atoms with E-state index in [1.54, 1.807) is 24.8 Å². The van der Waals surface area contributed by atoms with Crippen molar-refractivity contribution in [2.24, 2.45) is 0 Å². The first-order valence-corrected chi connectivity index (χ1v) is 9.76. The third-order valence-electron chi connectivity index (χ3n) is 4.41. The van der Waals surface area contributed by atoms with E-state index in [0.29, 0.717) is 37.2 Å². The molecule has 0 atom stereocenters. The molecule has 140 valence electrons. The molecule has 1 aliphatic heterocycles. The molecule has 1 saturated heterocycles. The number of rotatable bonds is 4. The first-order chi connectivity index (χ1) is 12.3. The van der Waals surface area contributed by atoms with Crippen LogP contribution in [0.2, 0.25) is 0 Å². The number of nitrogens with one attached hydrogen (secondary N) is 1. The number of nitrogens with zero attached hydrogens (tertiary/aromatic N) is 2. The molecule has 9 heteroatoms. The Kier molecular flexibility index (Phi) is 5.10. The highest BCUT2D eigenvalue weighted by Gasteiger charge is 2.30. The predicted molar refractivity (Wildman–Crippen MR) is 91.6 cm³/mol. The molecule has 2 heterocycles. The van der Waals surface area contributed by atoms with Gasteiger partial charge in [-0.15, -0.1) is 0 Å². The van der Waals surface area contributed by atoms with E-state index in [2.05, 4.69) is 9.88 Å². The normalized spacial score (nSPS) is 16.0. The van der Waals surface area contributed by atoms with Crippen molar-refractivity contribution in [1.82, 2.24) is 14.8 Å². The van der Waals surface area contributed by atoms with Crippen LogP contribution in [-0.4, -0.2) is 43.5 Å². The van der Waals surface area contributed by atoms with Gasteiger partial charge in [0.25, 0.3) is 5.91 Å². The maximum absolute atomic E-state index is 13.3. The molecule has 7 nitrogen and oxygen atoms in total. The molecule has 0 bridgehead atoms. The Morgan fingerprint density at radius 1 is 1.31 bits per heavy atom. The van der Waals surface area contributed by atoms with Crippen molar-refractivity contribution in [3.63, 3.8) is 0 Å². The second kappa shape index (κ2) is 7.16. The second-order valence-corrected chi connectivity index (χ2v) is 8.00. The Morgan fingerprint density at radius 3 is 2.58 bits per heavy atom. The Balaban J connectivity index is 1.63. The molecule has 26 heavy (non-hydrogen) atoms. The van der Waals surface area contributed by atoms with Crippen molar-refractivity contribution in [1.29, 1.82) is 0 Å². The van der Waals surface area contributed by atoms with Crippen LogP contribution in [0.5, 0.6) is 0 Å². The predicted octanol–water partition coefficient (Wildman–Crippen LogP) is 2.01. The SMILES string of the molecule is Cc1noc(C)c1S(=O)(=O)NC1CCN(C(=O)c2cccc(F)c2)CC1. The van der Waals surface area contributed by atoms with Gasteiger partial charge in [-0.3, -0.25) is 4.79 Å². The van der Waals surface area contributed by atoms with E-state index in [0.717, 1.165) is 0 Å². The van der Waals surface area contributed by atoms with Crippen molar-refractivity contribution in [2.45, 2.75) is 37.6 Å². The molecule has 3 rings (SSSR count). The number of carbonyl (C=O) groups is 1. The number of aromatic nitrogens is 1. The highest BCUT2D eigenvalue weighted by Crippen LogP contribution is 2.21. The largest absolute Gasteiger partial charge is 0.360 e. The fourth-order valence-corrected chi connectivity index (χ4v) is 4.78. The molecule has 0 radical (unpaired) electrons. The fraction of sp³-hybridized carbons (Fsp3) is 0.412. The smallest absolute Gasteiger partial charge is 0.253 e. The molecule has 0 unspecified atom stereocenters. The summed E-state index contributed by atoms with van der Waals surface area (Å²) in [5.41, 5.74) is 0.605. The highest BCUT2D eigenvalue weighted by molar-refractivity contribution is 7.89. The summed E-state index contributed by atoms with van der Waals surface area (Å²) >= 11 is 0. The molecule has 1 fully saturated rings. The summed E-state index contributed by atoms with van der Waals surface area (Å²) in [5, 5.41) is 3.67. The molecule has 1 N–H and O–H groups in total. The van der Waals surface area contributed by atoms with E-state index < -0.39 is 15.8 Å². The van der Waals surface area contributed by atoms with Crippen molar-refractivity contribution in [2.75, 3.05) is 13.1 Å². The van der Waals surface area contributed by atoms with Gasteiger partial charge in [0.15, 0.2) is 5.76 Å². The van der Waals surface area contributed by atoms with Gasteiger partial charge in [-0.2, -0.15) is 0 Å². The average molecular weight is 381 g/mol. The van der Waals surface area contributed by atoms with E-state index in [4.69, 9.17) is 4.52 Å². The second-order valence-electron chi connectivity index (χ2n) is 6.35. The van der Waals surface area contributed by atoms with Gasteiger partial charge in [-0.1, -0.05) is 11.2 Å². The third kappa shape index (κ3) is 3.78. The minimum absolute atomic E-state index is 0.0655. The van der Waals surface area contributed by atoms with Crippen LogP contribution in [0.4, 0.5) is 4.39 Å². The van der Waals surface area contributed by atoms with E-state index in [9.17, 15) is 17.6 Å². The summed E-state index contributed by atoms with van der Waals surface area (Å²) in [6, 6.07) is 5.26. The number of aryl methyl sites for hydroxylation is 2. The van der Waals surface area contributed by atoms with Crippen molar-refractivity contribution < 1.29 is 22.1 Å². The summed E-state index contributed by atoms with van der Waals surface area (Å²) in [5.74, 6) is -0.469. The van der Waals surface area contributed by atoms with Crippen molar-refractivity contribution in [3.05, 3.63) is 47.1 Å². The molecule has 0 aliphatic carbocycles. The number of hydrogen-bond acceptors (Lipinski definition) is 5. The number of piperidine rings is 1. The summed E-state index contributed by atoms with van der Waals surface area (Å²) in [4.78, 5) is 14.1. The number of carbonyl (C=O) groups excluding carboxylic acids is 1. The Labute approximate surface area is 151 Å². The van der Waals surface area contributed by atoms with E-state index in [-0.39, 0.29) is 22.6 Å². The average Bonchev–Trinajstić information content (AvgIpc) is 2.94. The molecule has 1 aromatic carbocycles. The Morgan fingerprint density at radius 2 is 2.00 bits per heavy atom. The van der Waals surface area contributed by atoms with Crippen LogP contribution >= 0.6 is 0 Å². The summed E-state index contributed by atoms with van der Waals surface area (Å²) in [6.07, 6.45) is 0.952. The van der Waals surface area contributed by atoms with Crippen LogP contribution in [0.1, 0.15) is 34.7 Å². The lowest BCUT2D eigenvalue weighted by molar-refractivity contribution is 0.0711. The topological polar surface area (TPSA) is 92.5 Å². The molecular formula is C17H20FN3O4S. The highest BCUT2D eigenvalue weighted by atomic mass is 32.2. The zero-order valence-electron chi connectivity index (χ0n) is 14.5. The van der Waals surface area contributed by atoms with Crippen LogP contribution in [0.3, 0.4) is 0 Å². The van der Waals surface area contributed by atoms with Gasteiger partial charge in [-0.25, -0.2) is 17.5 Å². The van der Waals surface area contributed by atoms with Gasteiger partial charge in [-0.05, 0) is 44.9 Å². The lowest BCUT2D eigenvalue weighted by atomic mass is 10.0. The van der Waals surface area contributed by atoms with E-state index in [1.165, 1.54) is 18.2 Å². The number of amides is 1. The molecular weight excluding hydrogens is 361 g/mol. The molecule has 2 aromatic rings. The van der Waals surface area contributed by atoms with Crippen LogP contribution in [0, 0.1) is 19.7 Å². The summed E-state index contributed by atoms with van der Waals surface area (Å²) < 4.78 is 46.0. The molecule has 0 spiro atoms. The minimum Gasteiger partial charge on any atom is -0.360 e. The zero-order valence-corrected chi connectivity index (χ0v) is 15.3. The van der Waals surface area contributed by atoms with Gasteiger partial charge < -0.3 is 9.42 Å². The lowest BCUT2D eigenvalue weighted by Gasteiger charge is -2.32. The molecule has 1 aromatic heterocycles. The molecule has 1 aliphatic rings. The van der Waals surface area contributed by atoms with E-state index in [1.807, 2.05) is 0 Å². The number of hydrogen-bond donors (Lipinski definition) is 1. The van der Waals surface area contributed by atoms with Crippen LogP contribution in [-0.2, 0) is 10.0 Å². The van der Waals surface area contributed by atoms with Crippen molar-refractivity contribution >= 4 is 15.9 Å². The van der Waals surface area contributed by atoms with Gasteiger partial charge in [0.05, 0.1) is 0 Å². The zero-order chi connectivity index (χ0) is 18.9. The fourth-order valence-electron chi connectivity index (χ4n) is 3.14. The van der Waals surface area contributed by atoms with Gasteiger partial charge in [0.2, 0.25) is 10.0 Å². The van der Waals surface area contributed by atoms with Crippen LogP contribution < -0.4 is 4.72 Å². The number of sulfonamides is 1. The maximum atomic E-state index is 13.3. The number of likely N-dealkylation sites (tertiary alicyclic amines) is 1. The third-order valence-corrected chi connectivity index (χ3v) is 6.18. The molecule has 1 amide bonds. The Bertz CT molecular complexity index is 898. The first-order valence-electron chi connectivity index (χ1n) is 8.28. The van der Waals surface area contributed by atoms with Gasteiger partial charge in [0.1, 0.15) is 16.4 Å². The summed E-state index contributed by atoms with van der Waals surface area (Å²) in [7, 11) is -3.73. The van der Waals surface area contributed by atoms with E-state index >= 15 is 0 Å². The van der Waals surface area contributed by atoms with Crippen LogP contribution in [0.15, 0.2) is 33.7 Å².